The zero-order valence-corrected chi connectivity index (χ0v) is 16.7. The topological polar surface area (TPSA) is 98.5 Å². The zero-order chi connectivity index (χ0) is 19.8. The van der Waals surface area contributed by atoms with Crippen molar-refractivity contribution in [2.24, 2.45) is 5.73 Å². The highest BCUT2D eigenvalue weighted by Gasteiger charge is 2.28. The van der Waals surface area contributed by atoms with Crippen LogP contribution in [-0.4, -0.2) is 23.9 Å². The molecule has 144 valence electrons. The van der Waals surface area contributed by atoms with Crippen LogP contribution in [0.5, 0.6) is 0 Å². The Bertz CT molecular complexity index is 1070. The summed E-state index contributed by atoms with van der Waals surface area (Å²) < 4.78 is 6.30. The van der Waals surface area contributed by atoms with Crippen molar-refractivity contribution in [3.8, 4) is 0 Å². The number of carbonyl (C=O) groups excluding carboxylic acids is 3. The molecule has 0 saturated heterocycles. The molecule has 2 amide bonds. The second-order valence-electron chi connectivity index (χ2n) is 6.61. The van der Waals surface area contributed by atoms with Gasteiger partial charge in [-0.1, -0.05) is 18.2 Å². The molecule has 1 atom stereocenters. The number of hydrogen-bond acceptors (Lipinski definition) is 6. The summed E-state index contributed by atoms with van der Waals surface area (Å²) in [6.45, 7) is 1.51. The van der Waals surface area contributed by atoms with Gasteiger partial charge in [-0.3, -0.25) is 9.59 Å². The second kappa shape index (κ2) is 7.37. The Morgan fingerprint density at radius 3 is 2.71 bits per heavy atom. The van der Waals surface area contributed by atoms with Gasteiger partial charge in [0.25, 0.3) is 11.8 Å². The van der Waals surface area contributed by atoms with Gasteiger partial charge in [-0.2, -0.15) is 0 Å². The van der Waals surface area contributed by atoms with Crippen molar-refractivity contribution in [1.82, 2.24) is 0 Å². The molecule has 3 aromatic rings. The van der Waals surface area contributed by atoms with E-state index in [2.05, 4.69) is 5.32 Å². The molecule has 0 aliphatic heterocycles. The van der Waals surface area contributed by atoms with Crippen molar-refractivity contribution in [3.05, 3.63) is 51.2 Å². The van der Waals surface area contributed by atoms with E-state index in [0.717, 1.165) is 39.8 Å². The third-order valence-corrected chi connectivity index (χ3v) is 6.99. The molecule has 1 aromatic carbocycles. The molecule has 2 heterocycles. The monoisotopic (exact) mass is 414 g/mol. The fraction of sp³-hybridized carbons (Fsp3) is 0.250. The first-order chi connectivity index (χ1) is 13.4. The molecule has 0 saturated carbocycles. The van der Waals surface area contributed by atoms with Crippen molar-refractivity contribution in [2.45, 2.75) is 32.3 Å². The second-order valence-corrected chi connectivity index (χ2v) is 8.80. The first kappa shape index (κ1) is 18.6. The van der Waals surface area contributed by atoms with Crippen LogP contribution in [0.3, 0.4) is 0 Å². The number of hydrogen-bond donors (Lipinski definition) is 2. The smallest absolute Gasteiger partial charge is 0.349 e. The number of carbonyl (C=O) groups is 3. The van der Waals surface area contributed by atoms with Crippen LogP contribution in [0.25, 0.3) is 10.1 Å². The molecule has 28 heavy (non-hydrogen) atoms. The third kappa shape index (κ3) is 3.41. The number of esters is 1. The van der Waals surface area contributed by atoms with Crippen molar-refractivity contribution < 1.29 is 19.1 Å². The molecule has 0 bridgehead atoms. The molecule has 0 spiro atoms. The Kier molecular flexibility index (Phi) is 4.91. The predicted octanol–water partition coefficient (Wildman–Crippen LogP) is 3.73. The lowest BCUT2D eigenvalue weighted by Gasteiger charge is -2.13. The summed E-state index contributed by atoms with van der Waals surface area (Å²) in [4.78, 5) is 38.3. The average Bonchev–Trinajstić information content (AvgIpc) is 3.34. The van der Waals surface area contributed by atoms with E-state index in [0.29, 0.717) is 15.4 Å². The first-order valence-electron chi connectivity index (χ1n) is 8.89. The third-order valence-electron chi connectivity index (χ3n) is 4.68. The summed E-state index contributed by atoms with van der Waals surface area (Å²) in [5.41, 5.74) is 6.83. The Labute approximate surface area is 169 Å². The molecule has 3 N–H and O–H groups in total. The minimum absolute atomic E-state index is 0.383. The Morgan fingerprint density at radius 1 is 1.18 bits per heavy atom. The number of benzene rings is 1. The molecule has 8 heteroatoms. The standard InChI is InChI=1S/C20H18N2O4S2/c1-10(26-20(25)15-9-11-5-2-3-7-13(11)27-15)18(24)22-19-16(17(21)23)12-6-4-8-14(12)28-19/h2-3,5,7,9-10H,4,6,8H2,1H3,(H2,21,23)(H,22,24)/t10-/m0/s1. The van der Waals surface area contributed by atoms with Gasteiger partial charge in [0.05, 0.1) is 5.56 Å². The van der Waals surface area contributed by atoms with E-state index in [9.17, 15) is 14.4 Å². The quantitative estimate of drug-likeness (QED) is 0.622. The van der Waals surface area contributed by atoms with Gasteiger partial charge in [-0.15, -0.1) is 22.7 Å². The first-order valence-corrected chi connectivity index (χ1v) is 10.5. The minimum Gasteiger partial charge on any atom is -0.448 e. The van der Waals surface area contributed by atoms with Gasteiger partial charge >= 0.3 is 5.97 Å². The molecule has 0 unspecified atom stereocenters. The number of fused-ring (bicyclic) bond motifs is 2. The van der Waals surface area contributed by atoms with Gasteiger partial charge in [0.2, 0.25) is 0 Å². The van der Waals surface area contributed by atoms with E-state index in [4.69, 9.17) is 10.5 Å². The van der Waals surface area contributed by atoms with Gasteiger partial charge in [0.15, 0.2) is 6.10 Å². The van der Waals surface area contributed by atoms with E-state index in [-0.39, 0.29) is 0 Å². The summed E-state index contributed by atoms with van der Waals surface area (Å²) in [5.74, 6) is -1.59. The van der Waals surface area contributed by atoms with Crippen LogP contribution in [0.15, 0.2) is 30.3 Å². The number of rotatable bonds is 5. The number of nitrogens with two attached hydrogens (primary N) is 1. The molecule has 4 rings (SSSR count). The van der Waals surface area contributed by atoms with Gasteiger partial charge in [0.1, 0.15) is 9.88 Å². The zero-order valence-electron chi connectivity index (χ0n) is 15.1. The number of anilines is 1. The van der Waals surface area contributed by atoms with Gasteiger partial charge in [-0.25, -0.2) is 4.79 Å². The molecule has 1 aliphatic rings. The normalized spacial score (nSPS) is 13.9. The maximum atomic E-state index is 12.5. The summed E-state index contributed by atoms with van der Waals surface area (Å²) in [6.07, 6.45) is 1.65. The van der Waals surface area contributed by atoms with E-state index < -0.39 is 23.9 Å². The van der Waals surface area contributed by atoms with Crippen molar-refractivity contribution in [1.29, 1.82) is 0 Å². The highest BCUT2D eigenvalue weighted by molar-refractivity contribution is 7.20. The van der Waals surface area contributed by atoms with E-state index in [1.807, 2.05) is 24.3 Å². The van der Waals surface area contributed by atoms with E-state index in [1.54, 1.807) is 6.07 Å². The Morgan fingerprint density at radius 2 is 1.96 bits per heavy atom. The van der Waals surface area contributed by atoms with Crippen LogP contribution >= 0.6 is 22.7 Å². The summed E-state index contributed by atoms with van der Waals surface area (Å²) in [6, 6.07) is 9.39. The number of aryl methyl sites for hydroxylation is 1. The van der Waals surface area contributed by atoms with Crippen molar-refractivity contribution >= 4 is 55.5 Å². The van der Waals surface area contributed by atoms with Crippen LogP contribution < -0.4 is 11.1 Å². The lowest BCUT2D eigenvalue weighted by atomic mass is 10.1. The van der Waals surface area contributed by atoms with E-state index in [1.165, 1.54) is 29.6 Å². The van der Waals surface area contributed by atoms with Gasteiger partial charge in [-0.05, 0) is 49.3 Å². The highest BCUT2D eigenvalue weighted by atomic mass is 32.1. The highest BCUT2D eigenvalue weighted by Crippen LogP contribution is 2.39. The van der Waals surface area contributed by atoms with Crippen LogP contribution in [0.1, 0.15) is 43.8 Å². The van der Waals surface area contributed by atoms with Crippen LogP contribution in [0.4, 0.5) is 5.00 Å². The number of ether oxygens (including phenoxy) is 1. The molecule has 0 radical (unpaired) electrons. The van der Waals surface area contributed by atoms with Gasteiger partial charge < -0.3 is 15.8 Å². The fourth-order valence-corrected chi connectivity index (χ4v) is 5.56. The Hall–Kier alpha value is -2.71. The maximum Gasteiger partial charge on any atom is 0.349 e. The van der Waals surface area contributed by atoms with Crippen LogP contribution in [-0.2, 0) is 22.4 Å². The lowest BCUT2D eigenvalue weighted by molar-refractivity contribution is -0.123. The molecule has 0 fully saturated rings. The van der Waals surface area contributed by atoms with Crippen LogP contribution in [0.2, 0.25) is 0 Å². The largest absolute Gasteiger partial charge is 0.448 e. The van der Waals surface area contributed by atoms with E-state index >= 15 is 0 Å². The van der Waals surface area contributed by atoms with Crippen molar-refractivity contribution in [2.75, 3.05) is 5.32 Å². The SMILES string of the molecule is C[C@H](OC(=O)c1cc2ccccc2s1)C(=O)Nc1sc2c(c1C(N)=O)CCC2. The number of amides is 2. The predicted molar refractivity (Wildman–Crippen MR) is 110 cm³/mol. The Balaban J connectivity index is 1.47. The summed E-state index contributed by atoms with van der Waals surface area (Å²) >= 11 is 2.69. The van der Waals surface area contributed by atoms with Gasteiger partial charge in [0, 0.05) is 9.58 Å². The number of nitrogens with one attached hydrogen (secondary N) is 1. The van der Waals surface area contributed by atoms with Crippen LogP contribution in [0, 0.1) is 0 Å². The summed E-state index contributed by atoms with van der Waals surface area (Å²) in [7, 11) is 0. The fourth-order valence-electron chi connectivity index (χ4n) is 3.32. The number of primary amides is 1. The average molecular weight is 415 g/mol. The number of thiophene rings is 2. The van der Waals surface area contributed by atoms with Crippen molar-refractivity contribution in [3.63, 3.8) is 0 Å². The minimum atomic E-state index is -1.00. The molecule has 1 aliphatic carbocycles. The molecule has 2 aromatic heterocycles. The summed E-state index contributed by atoms with van der Waals surface area (Å²) in [5, 5.41) is 4.10. The molecular formula is C20H18N2O4S2. The lowest BCUT2D eigenvalue weighted by Crippen LogP contribution is -2.30. The maximum absolute atomic E-state index is 12.5. The molecular weight excluding hydrogens is 396 g/mol. The molecule has 6 nitrogen and oxygen atoms in total.